The van der Waals surface area contributed by atoms with Gasteiger partial charge in [0.2, 0.25) is 6.41 Å². The monoisotopic (exact) mass is 474 g/mol. The van der Waals surface area contributed by atoms with Gasteiger partial charge >= 0.3 is 0 Å². The van der Waals surface area contributed by atoms with Gasteiger partial charge in [-0.15, -0.1) is 11.3 Å². The summed E-state index contributed by atoms with van der Waals surface area (Å²) in [7, 11) is 0. The van der Waals surface area contributed by atoms with Gasteiger partial charge in [-0.05, 0) is 44.0 Å². The molecule has 0 radical (unpaired) electrons. The molecule has 1 atom stereocenters. The Balaban J connectivity index is 0.000000215. The number of carbonyl (C=O) groups is 1. The molecule has 1 unspecified atom stereocenters. The second-order valence-electron chi connectivity index (χ2n) is 7.71. The van der Waals surface area contributed by atoms with E-state index in [1.54, 1.807) is 23.8 Å². The Morgan fingerprint density at radius 3 is 2.76 bits per heavy atom. The Kier molecular flexibility index (Phi) is 9.20. The smallest absolute Gasteiger partial charge is 0.207 e. The zero-order chi connectivity index (χ0) is 24.3. The lowest BCUT2D eigenvalue weighted by molar-refractivity contribution is -0.110. The highest BCUT2D eigenvalue weighted by molar-refractivity contribution is 7.13. The number of fused-ring (bicyclic) bond motifs is 1. The molecule has 3 heterocycles. The van der Waals surface area contributed by atoms with Crippen LogP contribution in [0.2, 0.25) is 0 Å². The summed E-state index contributed by atoms with van der Waals surface area (Å²) < 4.78 is 5.21. The number of aryl methyl sites for hydroxylation is 1. The van der Waals surface area contributed by atoms with Gasteiger partial charge in [0.25, 0.3) is 0 Å². The maximum Gasteiger partial charge on any atom is 0.207 e. The van der Waals surface area contributed by atoms with Crippen molar-refractivity contribution in [2.75, 3.05) is 6.54 Å². The Bertz CT molecular complexity index is 1240. The number of benzene rings is 1. The second-order valence-corrected chi connectivity index (χ2v) is 8.97. The highest BCUT2D eigenvalue weighted by Gasteiger charge is 2.15. The predicted molar refractivity (Wildman–Crippen MR) is 141 cm³/mol. The fraction of sp³-hybridized carbons (Fsp3) is 0.185. The van der Waals surface area contributed by atoms with Crippen molar-refractivity contribution >= 4 is 34.4 Å². The number of nitrogens with two attached hydrogens (primary N) is 1. The van der Waals surface area contributed by atoms with Crippen LogP contribution in [-0.4, -0.2) is 29.0 Å². The van der Waals surface area contributed by atoms with Crippen LogP contribution < -0.4 is 11.1 Å². The molecule has 4 N–H and O–H groups in total. The first-order valence-electron chi connectivity index (χ1n) is 11.0. The molecule has 4 aromatic rings. The van der Waals surface area contributed by atoms with Crippen molar-refractivity contribution in [2.45, 2.75) is 26.3 Å². The van der Waals surface area contributed by atoms with Crippen molar-refractivity contribution in [1.29, 1.82) is 0 Å². The maximum atomic E-state index is 10.2. The van der Waals surface area contributed by atoms with Crippen LogP contribution in [0, 0.1) is 6.92 Å². The van der Waals surface area contributed by atoms with E-state index in [0.717, 1.165) is 23.0 Å². The standard InChI is InChI=1S/C17H16N2OS.C10H14N2O/c1-4-20-10-11(2)16-14(8-12(3)21-16)15-9-19-17-13(15)6-5-7-18-17;11-7-10(12-8-13)6-9-4-2-1-3-5-9/h4-10H,1H2,2-3H3,(H,18,19);1-5,8,10H,6-7,11H2,(H,12,13)/b11-10+;. The number of hydrogen-bond acceptors (Lipinski definition) is 5. The van der Waals surface area contributed by atoms with Crippen molar-refractivity contribution in [3.8, 4) is 11.1 Å². The Labute approximate surface area is 204 Å². The molecule has 0 spiro atoms. The third-order valence-corrected chi connectivity index (χ3v) is 6.39. The van der Waals surface area contributed by atoms with Gasteiger partial charge < -0.3 is 20.8 Å². The van der Waals surface area contributed by atoms with Crippen LogP contribution in [0.15, 0.2) is 80.0 Å². The number of amides is 1. The Morgan fingerprint density at radius 2 is 2.06 bits per heavy atom. The zero-order valence-corrected chi connectivity index (χ0v) is 20.3. The van der Waals surface area contributed by atoms with Crippen LogP contribution in [0.1, 0.15) is 22.2 Å². The van der Waals surface area contributed by atoms with Crippen LogP contribution in [0.4, 0.5) is 0 Å². The number of H-pyrrole nitrogens is 1. The largest absolute Gasteiger partial charge is 0.473 e. The average molecular weight is 475 g/mol. The maximum absolute atomic E-state index is 10.2. The number of rotatable bonds is 9. The van der Waals surface area contributed by atoms with Crippen LogP contribution in [-0.2, 0) is 16.0 Å². The summed E-state index contributed by atoms with van der Waals surface area (Å²) >= 11 is 1.76. The van der Waals surface area contributed by atoms with Crippen molar-refractivity contribution in [3.63, 3.8) is 0 Å². The molecular weight excluding hydrogens is 444 g/mol. The molecule has 176 valence electrons. The SMILES string of the molecule is C=CO/C=C(\C)c1sc(C)cc1-c1c[nH]c2ncccc12.NCC(Cc1ccccc1)NC=O. The molecule has 0 aliphatic rings. The summed E-state index contributed by atoms with van der Waals surface area (Å²) in [6.07, 6.45) is 8.46. The summed E-state index contributed by atoms with van der Waals surface area (Å²) in [6, 6.07) is 16.3. The molecule has 7 heteroatoms. The van der Waals surface area contributed by atoms with Crippen LogP contribution in [0.25, 0.3) is 27.7 Å². The van der Waals surface area contributed by atoms with E-state index in [1.165, 1.54) is 32.7 Å². The Hall–Kier alpha value is -3.68. The number of nitrogens with one attached hydrogen (secondary N) is 2. The highest BCUT2D eigenvalue weighted by atomic mass is 32.1. The van der Waals surface area contributed by atoms with Crippen LogP contribution in [0.3, 0.4) is 0 Å². The number of thiophene rings is 1. The molecule has 6 nitrogen and oxygen atoms in total. The number of allylic oxidation sites excluding steroid dienone is 1. The molecule has 0 aliphatic heterocycles. The molecule has 4 rings (SSSR count). The molecule has 1 aromatic carbocycles. The van der Waals surface area contributed by atoms with Gasteiger partial charge in [0.15, 0.2) is 0 Å². The minimum absolute atomic E-state index is 0.0416. The molecule has 1 amide bonds. The average Bonchev–Trinajstić information content (AvgIpc) is 3.46. The normalized spacial score (nSPS) is 11.9. The predicted octanol–water partition coefficient (Wildman–Crippen LogP) is 5.42. The topological polar surface area (TPSA) is 93.0 Å². The lowest BCUT2D eigenvalue weighted by atomic mass is 10.0. The third-order valence-electron chi connectivity index (χ3n) is 5.21. The number of aromatic nitrogens is 2. The minimum atomic E-state index is 0.0416. The van der Waals surface area contributed by atoms with E-state index < -0.39 is 0 Å². The lowest BCUT2D eigenvalue weighted by Gasteiger charge is -2.12. The first-order chi connectivity index (χ1) is 16.6. The zero-order valence-electron chi connectivity index (χ0n) is 19.5. The second kappa shape index (κ2) is 12.5. The van der Waals surface area contributed by atoms with Crippen LogP contribution in [0.5, 0.6) is 0 Å². The van der Waals surface area contributed by atoms with Crippen molar-refractivity contribution in [1.82, 2.24) is 15.3 Å². The minimum Gasteiger partial charge on any atom is -0.473 e. The molecule has 0 fully saturated rings. The van der Waals surface area contributed by atoms with E-state index in [4.69, 9.17) is 10.5 Å². The highest BCUT2D eigenvalue weighted by Crippen LogP contribution is 2.38. The van der Waals surface area contributed by atoms with E-state index in [1.807, 2.05) is 49.5 Å². The van der Waals surface area contributed by atoms with Crippen LogP contribution >= 0.6 is 11.3 Å². The van der Waals surface area contributed by atoms with Crippen molar-refractivity contribution in [2.24, 2.45) is 5.73 Å². The lowest BCUT2D eigenvalue weighted by Crippen LogP contribution is -2.36. The van der Waals surface area contributed by atoms with E-state index in [9.17, 15) is 4.79 Å². The number of carbonyl (C=O) groups excluding carboxylic acids is 1. The number of nitrogens with zero attached hydrogens (tertiary/aromatic N) is 1. The summed E-state index contributed by atoms with van der Waals surface area (Å²) in [5.41, 5.74) is 11.0. The first kappa shape index (κ1) is 25.0. The summed E-state index contributed by atoms with van der Waals surface area (Å²) in [5.74, 6) is 0. The van der Waals surface area contributed by atoms with Gasteiger partial charge in [-0.2, -0.15) is 0 Å². The third kappa shape index (κ3) is 6.43. The van der Waals surface area contributed by atoms with E-state index in [-0.39, 0.29) is 6.04 Å². The molecule has 0 saturated heterocycles. The fourth-order valence-electron chi connectivity index (χ4n) is 3.59. The van der Waals surface area contributed by atoms with Gasteiger partial charge in [0.1, 0.15) is 5.65 Å². The van der Waals surface area contributed by atoms with Gasteiger partial charge in [0.05, 0.1) is 12.5 Å². The molecule has 0 aliphatic carbocycles. The summed E-state index contributed by atoms with van der Waals surface area (Å²) in [6.45, 7) is 8.20. The van der Waals surface area contributed by atoms with E-state index >= 15 is 0 Å². The molecule has 0 bridgehead atoms. The summed E-state index contributed by atoms with van der Waals surface area (Å²) in [5, 5.41) is 3.81. The first-order valence-corrected chi connectivity index (χ1v) is 11.8. The molecule has 0 saturated carbocycles. The van der Waals surface area contributed by atoms with Gasteiger partial charge in [-0.3, -0.25) is 4.79 Å². The van der Waals surface area contributed by atoms with Crippen molar-refractivity contribution < 1.29 is 9.53 Å². The van der Waals surface area contributed by atoms with Gasteiger partial charge in [-0.1, -0.05) is 36.9 Å². The number of pyridine rings is 1. The van der Waals surface area contributed by atoms with E-state index in [2.05, 4.69) is 40.9 Å². The Morgan fingerprint density at radius 1 is 1.26 bits per heavy atom. The van der Waals surface area contributed by atoms with Gasteiger partial charge in [0, 0.05) is 56.8 Å². The molecule has 3 aromatic heterocycles. The number of hydrogen-bond donors (Lipinski definition) is 3. The molecule has 34 heavy (non-hydrogen) atoms. The molecular formula is C27H30N4O2S. The quantitative estimate of drug-likeness (QED) is 0.223. The van der Waals surface area contributed by atoms with Gasteiger partial charge in [-0.25, -0.2) is 4.98 Å². The van der Waals surface area contributed by atoms with Crippen molar-refractivity contribution in [3.05, 3.63) is 95.3 Å². The van der Waals surface area contributed by atoms with E-state index in [0.29, 0.717) is 13.0 Å². The fourth-order valence-corrected chi connectivity index (χ4v) is 4.58. The number of ether oxygens (including phenoxy) is 1. The summed E-state index contributed by atoms with van der Waals surface area (Å²) in [4.78, 5) is 20.3. The number of aromatic amines is 1.